The highest BCUT2D eigenvalue weighted by atomic mass is 29.3. The minimum Gasteiger partial charge on any atom is -0.0961 e. The van der Waals surface area contributed by atoms with Crippen LogP contribution in [-0.2, 0) is 0 Å². The van der Waals surface area contributed by atoms with Crippen LogP contribution in [0.3, 0.4) is 0 Å². The van der Waals surface area contributed by atoms with Crippen LogP contribution in [0, 0.1) is 0 Å². The predicted molar refractivity (Wildman–Crippen MR) is 96.5 cm³/mol. The Morgan fingerprint density at radius 3 is 1.75 bits per heavy atom. The van der Waals surface area contributed by atoms with Gasteiger partial charge < -0.3 is 0 Å². The fourth-order valence-corrected chi connectivity index (χ4v) is 9.33. The Labute approximate surface area is 125 Å². The molecule has 0 saturated heterocycles. The van der Waals surface area contributed by atoms with Crippen molar-refractivity contribution >= 4 is 26.4 Å². The van der Waals surface area contributed by atoms with Gasteiger partial charge in [0, 0.05) is 0 Å². The largest absolute Gasteiger partial charge is 0.0961 e. The second kappa shape index (κ2) is 5.94. The van der Waals surface area contributed by atoms with E-state index in [4.69, 9.17) is 0 Å². The van der Waals surface area contributed by atoms with E-state index in [0.29, 0.717) is 0 Å². The van der Waals surface area contributed by atoms with Gasteiger partial charge in [-0.25, -0.2) is 0 Å². The summed E-state index contributed by atoms with van der Waals surface area (Å²) in [7, 11) is -2.81. The van der Waals surface area contributed by atoms with Crippen LogP contribution in [0.25, 0.3) is 6.08 Å². The monoisotopic (exact) mass is 296 g/mol. The van der Waals surface area contributed by atoms with Crippen molar-refractivity contribution in [1.82, 2.24) is 0 Å². The fourth-order valence-electron chi connectivity index (χ4n) is 2.30. The Morgan fingerprint density at radius 1 is 0.700 bits per heavy atom. The number of rotatable bonds is 4. The maximum atomic E-state index is 2.53. The zero-order chi connectivity index (χ0) is 14.6. The zero-order valence-electron chi connectivity index (χ0n) is 12.9. The van der Waals surface area contributed by atoms with Crippen LogP contribution in [0.4, 0.5) is 0 Å². The Bertz CT molecular complexity index is 569. The van der Waals surface area contributed by atoms with Crippen molar-refractivity contribution in [3.05, 3.63) is 71.9 Å². The lowest BCUT2D eigenvalue weighted by Crippen LogP contribution is -2.61. The van der Waals surface area contributed by atoms with Crippen LogP contribution in [-0.4, -0.2) is 15.2 Å². The second-order valence-corrected chi connectivity index (χ2v) is 21.7. The molecule has 2 heteroatoms. The summed E-state index contributed by atoms with van der Waals surface area (Å²) in [5, 5.41) is 1.58. The third-order valence-corrected chi connectivity index (χ3v) is 21.6. The molecule has 0 N–H and O–H groups in total. The first-order valence-electron chi connectivity index (χ1n) is 7.23. The molecule has 0 aliphatic heterocycles. The third-order valence-electron chi connectivity index (χ3n) is 4.60. The first kappa shape index (κ1) is 15.0. The van der Waals surface area contributed by atoms with Gasteiger partial charge in [0.25, 0.3) is 0 Å². The normalized spacial score (nSPS) is 12.8. The summed E-state index contributed by atoms with van der Waals surface area (Å²) in [5.41, 5.74) is 3.84. The van der Waals surface area contributed by atoms with Crippen LogP contribution >= 0.6 is 0 Å². The Hall–Kier alpha value is -1.39. The van der Waals surface area contributed by atoms with Crippen molar-refractivity contribution < 1.29 is 0 Å². The zero-order valence-corrected chi connectivity index (χ0v) is 14.9. The van der Waals surface area contributed by atoms with E-state index in [2.05, 4.69) is 98.6 Å². The second-order valence-electron chi connectivity index (χ2n) is 6.46. The van der Waals surface area contributed by atoms with Crippen LogP contribution in [0.5, 0.6) is 0 Å². The van der Waals surface area contributed by atoms with E-state index in [1.54, 1.807) is 5.19 Å². The minimum absolute atomic E-state index is 1.31. The van der Waals surface area contributed by atoms with Crippen molar-refractivity contribution in [2.45, 2.75) is 26.2 Å². The summed E-state index contributed by atoms with van der Waals surface area (Å²) >= 11 is 0. The van der Waals surface area contributed by atoms with E-state index in [1.807, 2.05) is 0 Å². The lowest BCUT2D eigenvalue weighted by atomic mass is 10.2. The van der Waals surface area contributed by atoms with Gasteiger partial charge in [-0.2, -0.15) is 0 Å². The summed E-state index contributed by atoms with van der Waals surface area (Å²) in [4.78, 5) is 0. The fraction of sp³-hybridized carbons (Fsp3) is 0.222. The van der Waals surface area contributed by atoms with Gasteiger partial charge in [0.1, 0.15) is 0 Å². The number of benzene rings is 2. The standard InChI is InChI=1S/C18H24Si2/c1-19(2,16-15-17-11-7-5-8-12-17)20(3,4)18-13-9-6-10-14-18/h5-16H,1-4H3/b16-15+. The summed E-state index contributed by atoms with van der Waals surface area (Å²) in [6, 6.07) is 21.7. The predicted octanol–water partition coefficient (Wildman–Crippen LogP) is 4.64. The van der Waals surface area contributed by atoms with Gasteiger partial charge in [-0.15, -0.1) is 0 Å². The summed E-state index contributed by atoms with van der Waals surface area (Å²) in [6.07, 6.45) is 2.32. The van der Waals surface area contributed by atoms with E-state index in [0.717, 1.165) is 0 Å². The molecule has 0 heterocycles. The summed E-state index contributed by atoms with van der Waals surface area (Å²) in [5.74, 6) is 0. The average Bonchev–Trinajstić information content (AvgIpc) is 2.47. The smallest absolute Gasteiger partial charge is 0.0784 e. The molecule has 20 heavy (non-hydrogen) atoms. The molecule has 2 rings (SSSR count). The quantitative estimate of drug-likeness (QED) is 0.721. The average molecular weight is 297 g/mol. The molecule has 0 nitrogen and oxygen atoms in total. The molecule has 0 fully saturated rings. The molecule has 2 aromatic carbocycles. The molecule has 0 saturated carbocycles. The molecular weight excluding hydrogens is 272 g/mol. The number of hydrogen-bond donors (Lipinski definition) is 0. The third kappa shape index (κ3) is 3.19. The lowest BCUT2D eigenvalue weighted by Gasteiger charge is -2.36. The SMILES string of the molecule is C[Si](C)(/C=C/c1ccccc1)[Si](C)(C)c1ccccc1. The van der Waals surface area contributed by atoms with Gasteiger partial charge in [-0.3, -0.25) is 0 Å². The lowest BCUT2D eigenvalue weighted by molar-refractivity contribution is 1.66. The molecule has 104 valence electrons. The minimum atomic E-state index is -1.41. The topological polar surface area (TPSA) is 0 Å². The van der Waals surface area contributed by atoms with Gasteiger partial charge in [0.15, 0.2) is 0 Å². The first-order valence-corrected chi connectivity index (χ1v) is 14.3. The van der Waals surface area contributed by atoms with Crippen LogP contribution in [0.2, 0.25) is 26.2 Å². The molecule has 0 spiro atoms. The van der Waals surface area contributed by atoms with Crippen LogP contribution in [0.1, 0.15) is 5.56 Å². The van der Waals surface area contributed by atoms with Gasteiger partial charge >= 0.3 is 0 Å². The maximum absolute atomic E-state index is 2.53. The first-order chi connectivity index (χ1) is 9.43. The Morgan fingerprint density at radius 2 is 1.20 bits per heavy atom. The molecule has 0 atom stereocenters. The Kier molecular flexibility index (Phi) is 4.46. The van der Waals surface area contributed by atoms with Crippen LogP contribution < -0.4 is 5.19 Å². The van der Waals surface area contributed by atoms with Crippen molar-refractivity contribution in [2.75, 3.05) is 0 Å². The van der Waals surface area contributed by atoms with Crippen LogP contribution in [0.15, 0.2) is 66.4 Å². The van der Waals surface area contributed by atoms with E-state index in [-0.39, 0.29) is 0 Å². The van der Waals surface area contributed by atoms with Crippen molar-refractivity contribution in [3.63, 3.8) is 0 Å². The highest BCUT2D eigenvalue weighted by Gasteiger charge is 2.40. The molecular formula is C18H24Si2. The highest BCUT2D eigenvalue weighted by Crippen LogP contribution is 2.21. The van der Waals surface area contributed by atoms with Crippen molar-refractivity contribution in [3.8, 4) is 0 Å². The molecule has 0 radical (unpaired) electrons. The highest BCUT2D eigenvalue weighted by molar-refractivity contribution is 7.47. The molecule has 2 aromatic rings. The van der Waals surface area contributed by atoms with Crippen molar-refractivity contribution in [2.24, 2.45) is 0 Å². The van der Waals surface area contributed by atoms with Gasteiger partial charge in [-0.1, -0.05) is 104 Å². The van der Waals surface area contributed by atoms with Gasteiger partial charge in [0.2, 0.25) is 0 Å². The summed E-state index contributed by atoms with van der Waals surface area (Å²) in [6.45, 7) is 10.0. The van der Waals surface area contributed by atoms with Crippen molar-refractivity contribution in [1.29, 1.82) is 0 Å². The maximum Gasteiger partial charge on any atom is 0.0784 e. The van der Waals surface area contributed by atoms with Gasteiger partial charge in [0.05, 0.1) is 15.2 Å². The van der Waals surface area contributed by atoms with E-state index < -0.39 is 15.2 Å². The molecule has 0 bridgehead atoms. The molecule has 0 amide bonds. The Balaban J connectivity index is 2.28. The van der Waals surface area contributed by atoms with E-state index >= 15 is 0 Å². The molecule has 0 unspecified atom stereocenters. The molecule has 0 aromatic heterocycles. The van der Waals surface area contributed by atoms with E-state index in [9.17, 15) is 0 Å². The summed E-state index contributed by atoms with van der Waals surface area (Å²) < 4.78 is 0. The van der Waals surface area contributed by atoms with Gasteiger partial charge in [-0.05, 0) is 5.56 Å². The molecule has 0 aliphatic carbocycles. The number of hydrogen-bond acceptors (Lipinski definition) is 0. The molecule has 0 aliphatic rings. The van der Waals surface area contributed by atoms with E-state index in [1.165, 1.54) is 5.56 Å².